The number of nitrogens with zero attached hydrogens (tertiary/aromatic N) is 5. The molecule has 5 heterocycles. The van der Waals surface area contributed by atoms with Crippen LogP contribution in [0.5, 0.6) is 0 Å². The molecule has 0 radical (unpaired) electrons. The molecular formula is C80H71N5O4S3+2. The summed E-state index contributed by atoms with van der Waals surface area (Å²) in [6.45, 7) is 4.23. The molecule has 3 aromatic heterocycles. The van der Waals surface area contributed by atoms with Gasteiger partial charge in [0, 0.05) is 76.8 Å². The SMILES string of the molecule is CCn1c(=O)/c(=C\c2ccc3c(c2)C2CCCC2N3c2ccc(C=C(c3ccccc3)c3ccccc3)cc2)s/c1=C/c1sc2ccccc2[n+]1C.O=COCC[n+]1c(/C=C/c2ccc3c(c2)C2CCCC2N3c2ccc(CO)cc2)sc2c3ccccc3ccc21. The fourth-order valence-electron chi connectivity index (χ4n) is 14.8. The molecule has 2 aliphatic heterocycles. The van der Waals surface area contributed by atoms with Crippen LogP contribution in [0.3, 0.4) is 0 Å². The van der Waals surface area contributed by atoms with E-state index in [1.54, 1.807) is 34.0 Å². The minimum absolute atomic E-state index is 0.0682. The van der Waals surface area contributed by atoms with Crippen LogP contribution in [0.4, 0.5) is 22.7 Å². The van der Waals surface area contributed by atoms with Gasteiger partial charge < -0.3 is 19.6 Å². The lowest BCUT2D eigenvalue weighted by atomic mass is 9.95. The Balaban J connectivity index is 0.000000158. The number of para-hydroxylation sites is 1. The van der Waals surface area contributed by atoms with Gasteiger partial charge in [-0.25, -0.2) is 0 Å². The van der Waals surface area contributed by atoms with Gasteiger partial charge in [0.15, 0.2) is 6.54 Å². The Morgan fingerprint density at radius 3 is 1.89 bits per heavy atom. The van der Waals surface area contributed by atoms with E-state index in [-0.39, 0.29) is 12.2 Å². The summed E-state index contributed by atoms with van der Waals surface area (Å²) in [5.74, 6) is 1.04. The summed E-state index contributed by atoms with van der Waals surface area (Å²) in [6, 6.07) is 74.6. The third kappa shape index (κ3) is 11.2. The Kier molecular flexibility index (Phi) is 16.5. The number of benzene rings is 9. The molecular weight excluding hydrogens is 1190 g/mol. The maximum Gasteiger partial charge on any atom is 0.293 e. The van der Waals surface area contributed by atoms with Crippen molar-refractivity contribution in [3.63, 3.8) is 0 Å². The van der Waals surface area contributed by atoms with Crippen LogP contribution in [0, 0.1) is 0 Å². The van der Waals surface area contributed by atoms with Crippen LogP contribution >= 0.6 is 34.0 Å². The Hall–Kier alpha value is -9.30. The molecule has 1 N–H and O–H groups in total. The molecule has 92 heavy (non-hydrogen) atoms. The number of fused-ring (bicyclic) bond motifs is 10. The van der Waals surface area contributed by atoms with Crippen molar-refractivity contribution in [1.29, 1.82) is 0 Å². The summed E-state index contributed by atoms with van der Waals surface area (Å²) in [5, 5.41) is 14.2. The Morgan fingerprint density at radius 2 is 1.23 bits per heavy atom. The molecule has 4 aliphatic rings. The van der Waals surface area contributed by atoms with Crippen molar-refractivity contribution < 1.29 is 23.8 Å². The van der Waals surface area contributed by atoms with Gasteiger partial charge in [-0.2, -0.15) is 9.13 Å². The first kappa shape index (κ1) is 59.0. The minimum Gasteiger partial charge on any atom is -0.461 e. The first-order valence-electron chi connectivity index (χ1n) is 32.2. The highest BCUT2D eigenvalue weighted by Gasteiger charge is 2.43. The number of anilines is 4. The summed E-state index contributed by atoms with van der Waals surface area (Å²) in [4.78, 5) is 29.6. The van der Waals surface area contributed by atoms with Crippen molar-refractivity contribution in [2.75, 3.05) is 16.4 Å². The van der Waals surface area contributed by atoms with Gasteiger partial charge in [-0.15, -0.1) is 11.3 Å². The predicted octanol–water partition coefficient (Wildman–Crippen LogP) is 16.0. The van der Waals surface area contributed by atoms with Gasteiger partial charge >= 0.3 is 0 Å². The number of aliphatic hydroxyl groups is 1. The number of rotatable bonds is 15. The molecule has 12 heteroatoms. The van der Waals surface area contributed by atoms with E-state index < -0.39 is 0 Å². The highest BCUT2D eigenvalue weighted by Crippen LogP contribution is 2.54. The second-order valence-corrected chi connectivity index (χ2v) is 27.6. The third-order valence-corrected chi connectivity index (χ3v) is 22.6. The van der Waals surface area contributed by atoms with Gasteiger partial charge in [0.2, 0.25) is 11.0 Å². The molecule has 4 unspecified atom stereocenters. The van der Waals surface area contributed by atoms with Crippen LogP contribution in [0.2, 0.25) is 0 Å². The molecule has 4 atom stereocenters. The molecule has 9 aromatic carbocycles. The number of carbonyl (C=O) groups is 1. The van der Waals surface area contributed by atoms with Crippen molar-refractivity contribution in [3.05, 3.63) is 280 Å². The summed E-state index contributed by atoms with van der Waals surface area (Å²) in [5.41, 5.74) is 18.4. The number of aryl methyl sites for hydroxylation is 1. The van der Waals surface area contributed by atoms with E-state index in [0.29, 0.717) is 50.1 Å². The minimum atomic E-state index is 0.0682. The molecule has 9 nitrogen and oxygen atoms in total. The average molecular weight is 1260 g/mol. The first-order valence-corrected chi connectivity index (χ1v) is 34.6. The van der Waals surface area contributed by atoms with Crippen LogP contribution in [0.15, 0.2) is 211 Å². The van der Waals surface area contributed by atoms with Gasteiger partial charge in [0.25, 0.3) is 22.0 Å². The number of ether oxygens (including phenoxy) is 1. The van der Waals surface area contributed by atoms with E-state index in [1.165, 1.54) is 126 Å². The fourth-order valence-corrected chi connectivity index (χ4v) is 18.3. The molecule has 0 bridgehead atoms. The molecule has 456 valence electrons. The van der Waals surface area contributed by atoms with Crippen molar-refractivity contribution in [3.8, 4) is 0 Å². The maximum absolute atomic E-state index is 13.7. The van der Waals surface area contributed by atoms with Gasteiger partial charge in [0.05, 0.1) is 17.2 Å². The lowest BCUT2D eigenvalue weighted by Crippen LogP contribution is -2.37. The quantitative estimate of drug-likeness (QED) is 0.0477. The smallest absolute Gasteiger partial charge is 0.293 e. The van der Waals surface area contributed by atoms with E-state index in [9.17, 15) is 14.7 Å². The Labute approximate surface area is 548 Å². The second-order valence-electron chi connectivity index (χ2n) is 24.4. The summed E-state index contributed by atoms with van der Waals surface area (Å²) in [6.07, 6.45) is 18.3. The number of carbonyl (C=O) groups excluding carboxylic acids is 1. The van der Waals surface area contributed by atoms with Crippen molar-refractivity contribution in [2.45, 2.75) is 89.1 Å². The lowest BCUT2D eigenvalue weighted by molar-refractivity contribution is -0.669. The Bertz CT molecular complexity index is 4950. The Morgan fingerprint density at radius 1 is 0.609 bits per heavy atom. The van der Waals surface area contributed by atoms with E-state index in [1.807, 2.05) is 16.7 Å². The first-order chi connectivity index (χ1) is 45.3. The third-order valence-electron chi connectivity index (χ3n) is 19.2. The maximum atomic E-state index is 13.7. The topological polar surface area (TPSA) is 82.8 Å². The standard InChI is InChI=1S/C46H40N3OS2.C34H31N2O3S/c1-3-48-45(30-44-47(2)41-18-10-11-20-42(41)51-44)52-43(46(48)50)29-32-23-26-40-38(28-32)36-17-12-19-39(36)49(40)35-24-21-31(22-25-35)27-37(33-13-6-4-7-14-33)34-15-8-5-9-16-34;37-21-24-8-13-26(14-9-24)36-30-7-3-6-28(30)29-20-23(10-15-31(29)36)11-17-33-35(18-19-39-22-38)32-16-12-25-4-1-2-5-27(25)34(32)40-33/h4-11,13-16,18,20-30,36,39H,3,12,17,19H2,1-2H3;1-2,4-5,8-17,20,22,28,30,37H,3,6-7,18-19,21H2/q2*+1/b43-29+;. The summed E-state index contributed by atoms with van der Waals surface area (Å²) < 4.78 is 15.7. The average Bonchev–Trinajstić information content (AvgIpc) is 1.61. The summed E-state index contributed by atoms with van der Waals surface area (Å²) in [7, 11) is 2.10. The molecule has 0 amide bonds. The van der Waals surface area contributed by atoms with Gasteiger partial charge in [-0.05, 0) is 167 Å². The van der Waals surface area contributed by atoms with Crippen LogP contribution in [0.25, 0.3) is 67.2 Å². The molecule has 12 aromatic rings. The van der Waals surface area contributed by atoms with E-state index in [0.717, 1.165) is 35.9 Å². The van der Waals surface area contributed by atoms with Crippen molar-refractivity contribution >= 4 is 130 Å². The van der Waals surface area contributed by atoms with Crippen LogP contribution in [-0.4, -0.2) is 34.8 Å². The van der Waals surface area contributed by atoms with Crippen molar-refractivity contribution in [1.82, 2.24) is 4.57 Å². The van der Waals surface area contributed by atoms with Gasteiger partial charge in [0.1, 0.15) is 27.7 Å². The van der Waals surface area contributed by atoms with E-state index >= 15 is 0 Å². The molecule has 2 saturated carbocycles. The molecule has 2 fully saturated rings. The number of thiazole rings is 3. The molecule has 0 spiro atoms. The largest absolute Gasteiger partial charge is 0.461 e. The van der Waals surface area contributed by atoms with E-state index in [2.05, 4.69) is 257 Å². The monoisotopic (exact) mass is 1260 g/mol. The van der Waals surface area contributed by atoms with Gasteiger partial charge in [-0.3, -0.25) is 14.2 Å². The molecule has 2 aliphatic carbocycles. The van der Waals surface area contributed by atoms with Crippen LogP contribution in [-0.2, 0) is 36.3 Å². The zero-order valence-corrected chi connectivity index (χ0v) is 54.1. The molecule has 16 rings (SSSR count). The van der Waals surface area contributed by atoms with Crippen molar-refractivity contribution in [2.24, 2.45) is 7.05 Å². The fraction of sp³-hybridized carbons (Fsp3) is 0.200. The zero-order chi connectivity index (χ0) is 62.2. The summed E-state index contributed by atoms with van der Waals surface area (Å²) >= 11 is 5.13. The number of hydrogen-bond donors (Lipinski definition) is 1. The van der Waals surface area contributed by atoms with E-state index in [4.69, 9.17) is 4.74 Å². The van der Waals surface area contributed by atoms with Crippen LogP contribution < -0.4 is 33.7 Å². The zero-order valence-electron chi connectivity index (χ0n) is 51.6. The second kappa shape index (κ2) is 25.8. The highest BCUT2D eigenvalue weighted by molar-refractivity contribution is 7.20. The lowest BCUT2D eigenvalue weighted by Gasteiger charge is -2.27. The number of aromatic nitrogens is 3. The number of aliphatic hydroxyl groups excluding tert-OH is 1. The normalized spacial score (nSPS) is 17.6. The van der Waals surface area contributed by atoms with Gasteiger partial charge in [-0.1, -0.05) is 169 Å². The molecule has 0 saturated heterocycles. The number of hydrogen-bond acceptors (Lipinski definition) is 9. The highest BCUT2D eigenvalue weighted by atomic mass is 32.1. The predicted molar refractivity (Wildman–Crippen MR) is 381 cm³/mol. The van der Waals surface area contributed by atoms with Crippen LogP contribution in [0.1, 0.15) is 112 Å².